The normalized spacial score (nSPS) is 14.3. The van der Waals surface area contributed by atoms with Crippen molar-refractivity contribution < 1.29 is 19.1 Å². The molecule has 1 aliphatic carbocycles. The largest absolute Gasteiger partial charge is 0.497 e. The number of anilines is 1. The molecule has 2 aromatic rings. The lowest BCUT2D eigenvalue weighted by atomic mass is 9.93. The van der Waals surface area contributed by atoms with Gasteiger partial charge in [-0.3, -0.25) is 9.59 Å². The molecule has 7 nitrogen and oxygen atoms in total. The number of methoxy groups -OCH3 is 2. The molecule has 0 unspecified atom stereocenters. The highest BCUT2D eigenvalue weighted by Crippen LogP contribution is 2.29. The van der Waals surface area contributed by atoms with Crippen LogP contribution in [-0.2, 0) is 4.79 Å². The number of nitrogens with one attached hydrogen (secondary N) is 1. The van der Waals surface area contributed by atoms with Crippen LogP contribution in [0.2, 0.25) is 0 Å². The second-order valence-corrected chi connectivity index (χ2v) is 7.99. The highest BCUT2D eigenvalue weighted by Gasteiger charge is 2.30. The fraction of sp³-hybridized carbons (Fsp3) is 0.476. The number of hydrogen-bond acceptors (Lipinski definition) is 6. The third-order valence-electron chi connectivity index (χ3n) is 5.09. The first kappa shape index (κ1) is 21.1. The Morgan fingerprint density at radius 3 is 2.59 bits per heavy atom. The monoisotopic (exact) mass is 417 g/mol. The maximum Gasteiger partial charge on any atom is 0.258 e. The summed E-state index contributed by atoms with van der Waals surface area (Å²) in [5.74, 6) is 0.596. The minimum Gasteiger partial charge on any atom is -0.497 e. The maximum absolute atomic E-state index is 13.4. The van der Waals surface area contributed by atoms with Crippen molar-refractivity contribution >= 4 is 28.3 Å². The van der Waals surface area contributed by atoms with Gasteiger partial charge in [0, 0.05) is 17.5 Å². The summed E-state index contributed by atoms with van der Waals surface area (Å²) < 4.78 is 10.6. The van der Waals surface area contributed by atoms with Crippen LogP contribution in [0.4, 0.5) is 5.13 Å². The number of ether oxygens (including phenoxy) is 2. The molecule has 0 spiro atoms. The number of hydrogen-bond donors (Lipinski definition) is 1. The van der Waals surface area contributed by atoms with Crippen molar-refractivity contribution in [1.82, 2.24) is 9.88 Å². The summed E-state index contributed by atoms with van der Waals surface area (Å²) in [4.78, 5) is 32.1. The molecule has 1 aromatic heterocycles. The van der Waals surface area contributed by atoms with Gasteiger partial charge in [0.05, 0.1) is 25.5 Å². The van der Waals surface area contributed by atoms with Crippen LogP contribution in [-0.4, -0.2) is 48.5 Å². The molecule has 1 aliphatic rings. The molecule has 0 aliphatic heterocycles. The Bertz CT molecular complexity index is 861. The van der Waals surface area contributed by atoms with Crippen LogP contribution >= 0.6 is 11.3 Å². The molecule has 0 atom stereocenters. The minimum absolute atomic E-state index is 0.0166. The van der Waals surface area contributed by atoms with Crippen LogP contribution in [0, 0.1) is 6.92 Å². The second kappa shape index (κ2) is 9.73. The Morgan fingerprint density at radius 2 is 1.97 bits per heavy atom. The Morgan fingerprint density at radius 1 is 1.21 bits per heavy atom. The van der Waals surface area contributed by atoms with E-state index in [1.54, 1.807) is 30.2 Å². The zero-order chi connectivity index (χ0) is 20.8. The first-order valence-electron chi connectivity index (χ1n) is 9.76. The van der Waals surface area contributed by atoms with Crippen molar-refractivity contribution in [3.05, 3.63) is 34.8 Å². The maximum atomic E-state index is 13.4. The van der Waals surface area contributed by atoms with Gasteiger partial charge in [-0.1, -0.05) is 19.3 Å². The van der Waals surface area contributed by atoms with Crippen LogP contribution in [0.3, 0.4) is 0 Å². The van der Waals surface area contributed by atoms with Gasteiger partial charge in [-0.15, -0.1) is 11.3 Å². The average Bonchev–Trinajstić information content (AvgIpc) is 3.16. The molecule has 1 aromatic carbocycles. The predicted octanol–water partition coefficient (Wildman–Crippen LogP) is 3.88. The Balaban J connectivity index is 1.82. The van der Waals surface area contributed by atoms with Crippen molar-refractivity contribution in [1.29, 1.82) is 0 Å². The van der Waals surface area contributed by atoms with E-state index in [0.717, 1.165) is 37.8 Å². The fourth-order valence-corrected chi connectivity index (χ4v) is 4.32. The van der Waals surface area contributed by atoms with Crippen LogP contribution in [0.5, 0.6) is 11.5 Å². The lowest BCUT2D eigenvalue weighted by molar-refractivity contribution is -0.117. The summed E-state index contributed by atoms with van der Waals surface area (Å²) in [6, 6.07) is 5.14. The van der Waals surface area contributed by atoms with Gasteiger partial charge in [-0.2, -0.15) is 0 Å². The van der Waals surface area contributed by atoms with Crippen molar-refractivity contribution in [3.8, 4) is 11.5 Å². The topological polar surface area (TPSA) is 80.8 Å². The van der Waals surface area contributed by atoms with Crippen LogP contribution in [0.15, 0.2) is 23.6 Å². The number of carbonyl (C=O) groups excluding carboxylic acids is 2. The minimum atomic E-state index is -0.245. The van der Waals surface area contributed by atoms with Crippen LogP contribution in [0.1, 0.15) is 48.2 Å². The van der Waals surface area contributed by atoms with Gasteiger partial charge < -0.3 is 19.7 Å². The summed E-state index contributed by atoms with van der Waals surface area (Å²) in [6.07, 6.45) is 5.07. The average molecular weight is 418 g/mol. The number of nitrogens with zero attached hydrogens (tertiary/aromatic N) is 2. The second-order valence-electron chi connectivity index (χ2n) is 7.13. The van der Waals surface area contributed by atoms with Crippen LogP contribution in [0.25, 0.3) is 0 Å². The van der Waals surface area contributed by atoms with Gasteiger partial charge in [0.1, 0.15) is 18.0 Å². The van der Waals surface area contributed by atoms with E-state index in [9.17, 15) is 9.59 Å². The molecule has 3 rings (SSSR count). The van der Waals surface area contributed by atoms with Gasteiger partial charge in [-0.25, -0.2) is 4.98 Å². The molecule has 0 radical (unpaired) electrons. The Hall–Kier alpha value is -2.61. The third kappa shape index (κ3) is 5.26. The van der Waals surface area contributed by atoms with E-state index < -0.39 is 0 Å². The van der Waals surface area contributed by atoms with Gasteiger partial charge in [0.25, 0.3) is 5.91 Å². The smallest absolute Gasteiger partial charge is 0.258 e. The van der Waals surface area contributed by atoms with E-state index in [1.165, 1.54) is 18.4 Å². The number of carbonyl (C=O) groups is 2. The van der Waals surface area contributed by atoms with E-state index in [4.69, 9.17) is 9.47 Å². The van der Waals surface area contributed by atoms with E-state index in [1.807, 2.05) is 12.3 Å². The van der Waals surface area contributed by atoms with E-state index in [0.29, 0.717) is 22.2 Å². The molecule has 156 valence electrons. The fourth-order valence-electron chi connectivity index (χ4n) is 3.61. The highest BCUT2D eigenvalue weighted by atomic mass is 32.1. The van der Waals surface area contributed by atoms with Crippen molar-refractivity contribution in [2.75, 3.05) is 26.1 Å². The number of rotatable bonds is 7. The number of amides is 2. The third-order valence-corrected chi connectivity index (χ3v) is 5.97. The van der Waals surface area contributed by atoms with Crippen molar-refractivity contribution in [2.45, 2.75) is 45.1 Å². The summed E-state index contributed by atoms with van der Waals surface area (Å²) in [7, 11) is 3.09. The summed E-state index contributed by atoms with van der Waals surface area (Å²) >= 11 is 1.38. The first-order chi connectivity index (χ1) is 14.0. The number of thiazole rings is 1. The van der Waals surface area contributed by atoms with Gasteiger partial charge in [0.15, 0.2) is 5.13 Å². The quantitative estimate of drug-likeness (QED) is 0.739. The molecule has 1 saturated carbocycles. The molecular weight excluding hydrogens is 390 g/mol. The Labute approximate surface area is 175 Å². The van der Waals surface area contributed by atoms with Gasteiger partial charge >= 0.3 is 0 Å². The molecule has 29 heavy (non-hydrogen) atoms. The number of aryl methyl sites for hydroxylation is 1. The highest BCUT2D eigenvalue weighted by molar-refractivity contribution is 7.13. The molecular formula is C21H27N3O4S. The summed E-state index contributed by atoms with van der Waals surface area (Å²) in [5.41, 5.74) is 1.28. The molecule has 1 N–H and O–H groups in total. The molecule has 8 heteroatoms. The predicted molar refractivity (Wildman–Crippen MR) is 113 cm³/mol. The first-order valence-corrected chi connectivity index (χ1v) is 10.6. The molecule has 0 bridgehead atoms. The molecule has 0 saturated heterocycles. The lowest BCUT2D eigenvalue weighted by Crippen LogP contribution is -2.45. The van der Waals surface area contributed by atoms with Crippen molar-refractivity contribution in [3.63, 3.8) is 0 Å². The number of benzene rings is 1. The van der Waals surface area contributed by atoms with Crippen molar-refractivity contribution in [2.24, 2.45) is 0 Å². The summed E-state index contributed by atoms with van der Waals surface area (Å²) in [6.45, 7) is 1.86. The van der Waals surface area contributed by atoms with E-state index >= 15 is 0 Å². The molecule has 1 fully saturated rings. The van der Waals surface area contributed by atoms with Gasteiger partial charge in [0.2, 0.25) is 5.91 Å². The molecule has 1 heterocycles. The summed E-state index contributed by atoms with van der Waals surface area (Å²) in [5, 5.41) is 5.23. The zero-order valence-electron chi connectivity index (χ0n) is 17.1. The lowest BCUT2D eigenvalue weighted by Gasteiger charge is -2.34. The SMILES string of the molecule is COc1ccc(C(=O)N(CC(=O)Nc2nc(C)cs2)C2CCCCC2)c(OC)c1. The number of aromatic nitrogens is 1. The van der Waals surface area contributed by atoms with Crippen LogP contribution < -0.4 is 14.8 Å². The van der Waals surface area contributed by atoms with Gasteiger partial charge in [-0.05, 0) is 31.9 Å². The molecule has 2 amide bonds. The van der Waals surface area contributed by atoms with E-state index in [2.05, 4.69) is 10.3 Å². The zero-order valence-corrected chi connectivity index (χ0v) is 17.9. The Kier molecular flexibility index (Phi) is 7.09. The standard InChI is InChI=1S/C21H27N3O4S/c1-14-13-29-21(22-14)23-19(25)12-24(15-7-5-4-6-8-15)20(26)17-10-9-16(27-2)11-18(17)28-3/h9-11,13,15H,4-8,12H2,1-3H3,(H,22,23,25). The van der Waals surface area contributed by atoms with E-state index in [-0.39, 0.29) is 24.4 Å².